The molecule has 2 aromatic carbocycles. The molecule has 2 amide bonds. The zero-order valence-electron chi connectivity index (χ0n) is 18.4. The molecule has 1 aliphatic carbocycles. The molecule has 2 fully saturated rings. The summed E-state index contributed by atoms with van der Waals surface area (Å²) in [7, 11) is 0. The number of hydrogen-bond acceptors (Lipinski definition) is 3. The summed E-state index contributed by atoms with van der Waals surface area (Å²) in [5.74, 6) is 0.667. The Kier molecular flexibility index (Phi) is 4.85. The van der Waals surface area contributed by atoms with Gasteiger partial charge in [0.1, 0.15) is 0 Å². The van der Waals surface area contributed by atoms with Gasteiger partial charge in [-0.25, -0.2) is 0 Å². The van der Waals surface area contributed by atoms with Crippen molar-refractivity contribution in [3.8, 4) is 0 Å². The molecule has 32 heavy (non-hydrogen) atoms. The van der Waals surface area contributed by atoms with Crippen molar-refractivity contribution in [1.29, 1.82) is 0 Å². The molecular formula is C27H29N3O2. The summed E-state index contributed by atoms with van der Waals surface area (Å²) in [4.78, 5) is 34.9. The number of nitrogens with zero attached hydrogens (tertiary/aromatic N) is 3. The summed E-state index contributed by atoms with van der Waals surface area (Å²) in [5.41, 5.74) is 6.36. The Morgan fingerprint density at radius 1 is 0.844 bits per heavy atom. The van der Waals surface area contributed by atoms with E-state index in [1.807, 2.05) is 35.4 Å². The molecule has 0 radical (unpaired) electrons. The molecule has 6 rings (SSSR count). The molecule has 0 spiro atoms. The highest BCUT2D eigenvalue weighted by Gasteiger charge is 2.39. The maximum Gasteiger partial charge on any atom is 0.254 e. The van der Waals surface area contributed by atoms with Crippen LogP contribution in [0.2, 0.25) is 0 Å². The number of carbonyl (C=O) groups is 2. The monoisotopic (exact) mass is 427 g/mol. The van der Waals surface area contributed by atoms with Crippen molar-refractivity contribution >= 4 is 23.7 Å². The minimum absolute atomic E-state index is 0.133. The van der Waals surface area contributed by atoms with Crippen LogP contribution >= 0.6 is 0 Å². The molecule has 0 saturated carbocycles. The Morgan fingerprint density at radius 3 is 2.53 bits per heavy atom. The number of piperidine rings is 1. The normalized spacial score (nSPS) is 23.6. The van der Waals surface area contributed by atoms with Gasteiger partial charge >= 0.3 is 0 Å². The average Bonchev–Trinajstić information content (AvgIpc) is 3.54. The molecule has 3 aliphatic heterocycles. The molecule has 0 N–H and O–H groups in total. The van der Waals surface area contributed by atoms with Crippen molar-refractivity contribution in [1.82, 2.24) is 9.80 Å². The Hall–Kier alpha value is -2.95. The van der Waals surface area contributed by atoms with Crippen molar-refractivity contribution in [3.63, 3.8) is 0 Å². The van der Waals surface area contributed by atoms with Crippen LogP contribution in [-0.4, -0.2) is 53.5 Å². The highest BCUT2D eigenvalue weighted by atomic mass is 16.2. The minimum atomic E-state index is 0.133. The third-order valence-corrected chi connectivity index (χ3v) is 7.81. The van der Waals surface area contributed by atoms with Crippen LogP contribution in [0.15, 0.2) is 41.4 Å². The summed E-state index contributed by atoms with van der Waals surface area (Å²) in [5, 5.41) is 0. The molecular weight excluding hydrogens is 398 g/mol. The minimum Gasteiger partial charge on any atom is -0.339 e. The van der Waals surface area contributed by atoms with Crippen LogP contribution in [0.5, 0.6) is 0 Å². The van der Waals surface area contributed by atoms with Crippen molar-refractivity contribution in [2.75, 3.05) is 19.6 Å². The predicted molar refractivity (Wildman–Crippen MR) is 125 cm³/mol. The SMILES string of the molecule is O=C(c1ccc2c(c1)CC[C@H]1C2CCCN1C(=O)c1ccc2c(c1)N=CC2)N1CCCC1. The maximum atomic E-state index is 13.5. The topological polar surface area (TPSA) is 53.0 Å². The summed E-state index contributed by atoms with van der Waals surface area (Å²) in [6.07, 6.45) is 9.01. The van der Waals surface area contributed by atoms with E-state index in [9.17, 15) is 9.59 Å². The van der Waals surface area contributed by atoms with Gasteiger partial charge in [0.2, 0.25) is 0 Å². The van der Waals surface area contributed by atoms with Crippen molar-refractivity contribution in [2.24, 2.45) is 4.99 Å². The number of aryl methyl sites for hydroxylation is 1. The van der Waals surface area contributed by atoms with Crippen LogP contribution in [0.25, 0.3) is 0 Å². The van der Waals surface area contributed by atoms with E-state index in [2.05, 4.69) is 22.0 Å². The molecule has 3 heterocycles. The van der Waals surface area contributed by atoms with E-state index in [4.69, 9.17) is 0 Å². The lowest BCUT2D eigenvalue weighted by Gasteiger charge is -2.45. The van der Waals surface area contributed by atoms with E-state index in [0.29, 0.717) is 5.92 Å². The smallest absolute Gasteiger partial charge is 0.254 e. The average molecular weight is 428 g/mol. The van der Waals surface area contributed by atoms with Crippen LogP contribution < -0.4 is 0 Å². The van der Waals surface area contributed by atoms with Gasteiger partial charge in [0.05, 0.1) is 5.69 Å². The lowest BCUT2D eigenvalue weighted by molar-refractivity contribution is 0.0547. The zero-order valence-corrected chi connectivity index (χ0v) is 18.4. The van der Waals surface area contributed by atoms with Gasteiger partial charge in [0.15, 0.2) is 0 Å². The second-order valence-electron chi connectivity index (χ2n) is 9.63. The fourth-order valence-electron chi connectivity index (χ4n) is 6.15. The highest BCUT2D eigenvalue weighted by molar-refractivity contribution is 5.96. The Bertz CT molecular complexity index is 1120. The molecule has 0 bridgehead atoms. The van der Waals surface area contributed by atoms with Gasteiger partial charge in [-0.05, 0) is 79.5 Å². The first-order valence-corrected chi connectivity index (χ1v) is 12.1. The Labute approximate surface area is 189 Å². The third-order valence-electron chi connectivity index (χ3n) is 7.81. The molecule has 4 aliphatic rings. The molecule has 2 aromatic rings. The molecule has 1 unspecified atom stereocenters. The first-order chi connectivity index (χ1) is 15.7. The van der Waals surface area contributed by atoms with Crippen LogP contribution in [-0.2, 0) is 12.8 Å². The first-order valence-electron chi connectivity index (χ1n) is 12.1. The van der Waals surface area contributed by atoms with E-state index in [0.717, 1.165) is 81.4 Å². The van der Waals surface area contributed by atoms with E-state index in [1.165, 1.54) is 16.7 Å². The summed E-state index contributed by atoms with van der Waals surface area (Å²) >= 11 is 0. The Morgan fingerprint density at radius 2 is 1.66 bits per heavy atom. The second kappa shape index (κ2) is 7.88. The van der Waals surface area contributed by atoms with Gasteiger partial charge < -0.3 is 9.80 Å². The number of aliphatic imine (C=N–C) groups is 1. The quantitative estimate of drug-likeness (QED) is 0.708. The largest absolute Gasteiger partial charge is 0.339 e. The number of likely N-dealkylation sites (tertiary alicyclic amines) is 2. The number of rotatable bonds is 2. The third kappa shape index (κ3) is 3.26. The number of hydrogen-bond donors (Lipinski definition) is 0. The Balaban J connectivity index is 1.25. The van der Waals surface area contributed by atoms with Crippen LogP contribution in [0, 0.1) is 0 Å². The second-order valence-corrected chi connectivity index (χ2v) is 9.63. The lowest BCUT2D eigenvalue weighted by Crippen LogP contribution is -2.49. The lowest BCUT2D eigenvalue weighted by atomic mass is 9.73. The summed E-state index contributed by atoms with van der Waals surface area (Å²) in [6.45, 7) is 2.58. The predicted octanol–water partition coefficient (Wildman–Crippen LogP) is 4.52. The molecule has 5 nitrogen and oxygen atoms in total. The standard InChI is InChI=1S/C27H29N3O2/c31-26(29-13-1-2-14-29)20-7-9-22-19(16-20)8-10-25-23(22)4-3-15-30(25)27(32)21-6-5-18-11-12-28-24(18)17-21/h5-7,9,12,16-17,23,25H,1-4,8,10-11,13-15H2/t23?,25-/m0/s1. The number of amides is 2. The molecule has 2 atom stereocenters. The summed E-state index contributed by atoms with van der Waals surface area (Å²) < 4.78 is 0. The number of benzene rings is 2. The van der Waals surface area contributed by atoms with E-state index in [1.54, 1.807) is 0 Å². The van der Waals surface area contributed by atoms with Crippen molar-refractivity contribution < 1.29 is 9.59 Å². The van der Waals surface area contributed by atoms with Crippen LogP contribution in [0.3, 0.4) is 0 Å². The van der Waals surface area contributed by atoms with Gasteiger partial charge in [0, 0.05) is 55.4 Å². The zero-order chi connectivity index (χ0) is 21.7. The number of fused-ring (bicyclic) bond motifs is 4. The van der Waals surface area contributed by atoms with Gasteiger partial charge in [-0.15, -0.1) is 0 Å². The van der Waals surface area contributed by atoms with Gasteiger partial charge in [-0.2, -0.15) is 0 Å². The fourth-order valence-corrected chi connectivity index (χ4v) is 6.15. The number of carbonyl (C=O) groups excluding carboxylic acids is 2. The van der Waals surface area contributed by atoms with Crippen LogP contribution in [0.1, 0.15) is 75.4 Å². The highest BCUT2D eigenvalue weighted by Crippen LogP contribution is 2.42. The summed E-state index contributed by atoms with van der Waals surface area (Å²) in [6, 6.07) is 12.5. The first kappa shape index (κ1) is 19.7. The van der Waals surface area contributed by atoms with Crippen LogP contribution in [0.4, 0.5) is 5.69 Å². The maximum absolute atomic E-state index is 13.5. The molecule has 5 heteroatoms. The van der Waals surface area contributed by atoms with Gasteiger partial charge in [0.25, 0.3) is 11.8 Å². The van der Waals surface area contributed by atoms with Crippen molar-refractivity contribution in [2.45, 2.75) is 56.9 Å². The molecule has 164 valence electrons. The van der Waals surface area contributed by atoms with E-state index in [-0.39, 0.29) is 17.9 Å². The molecule has 0 aromatic heterocycles. The van der Waals surface area contributed by atoms with E-state index >= 15 is 0 Å². The van der Waals surface area contributed by atoms with E-state index < -0.39 is 0 Å². The fraction of sp³-hybridized carbons (Fsp3) is 0.444. The van der Waals surface area contributed by atoms with Crippen molar-refractivity contribution in [3.05, 3.63) is 64.2 Å². The van der Waals surface area contributed by atoms with Gasteiger partial charge in [-0.3, -0.25) is 14.6 Å². The van der Waals surface area contributed by atoms with Gasteiger partial charge in [-0.1, -0.05) is 12.1 Å². The molecule has 2 saturated heterocycles.